The summed E-state index contributed by atoms with van der Waals surface area (Å²) in [5.41, 5.74) is 2.44. The number of nitrogens with one attached hydrogen (secondary N) is 1. The Morgan fingerprint density at radius 1 is 1.20 bits per heavy atom. The summed E-state index contributed by atoms with van der Waals surface area (Å²) in [6.45, 7) is 3.74. The van der Waals surface area contributed by atoms with Crippen LogP contribution in [0.1, 0.15) is 49.1 Å². The van der Waals surface area contributed by atoms with Crippen LogP contribution in [0.5, 0.6) is 0 Å². The standard InChI is InChI=1S/C21H29N3O4S2/c1-15-20(16(2)28-23-15)13-29-14-21(25)22-17-9-11-19(12-10-17)30(26,27)24(3)18-7-5-4-6-8-18/h9-12,18H,4-8,13-14H2,1-3H3,(H,22,25). The van der Waals surface area contributed by atoms with Crippen LogP contribution in [-0.2, 0) is 20.6 Å². The summed E-state index contributed by atoms with van der Waals surface area (Å²) in [6.07, 6.45) is 5.15. The monoisotopic (exact) mass is 451 g/mol. The van der Waals surface area contributed by atoms with Crippen LogP contribution < -0.4 is 5.32 Å². The van der Waals surface area contributed by atoms with Gasteiger partial charge in [0, 0.05) is 30.1 Å². The van der Waals surface area contributed by atoms with Crippen LogP contribution >= 0.6 is 11.8 Å². The molecule has 1 saturated carbocycles. The number of carbonyl (C=O) groups excluding carboxylic acids is 1. The lowest BCUT2D eigenvalue weighted by Gasteiger charge is -2.30. The molecule has 0 saturated heterocycles. The maximum absolute atomic E-state index is 12.9. The van der Waals surface area contributed by atoms with Crippen molar-refractivity contribution in [3.05, 3.63) is 41.3 Å². The average Bonchev–Trinajstić information content (AvgIpc) is 3.06. The lowest BCUT2D eigenvalue weighted by molar-refractivity contribution is -0.113. The molecule has 1 aliphatic carbocycles. The van der Waals surface area contributed by atoms with Gasteiger partial charge in [0.2, 0.25) is 15.9 Å². The van der Waals surface area contributed by atoms with Gasteiger partial charge in [-0.3, -0.25) is 4.79 Å². The molecule has 1 N–H and O–H groups in total. The number of hydrogen-bond acceptors (Lipinski definition) is 6. The molecule has 164 valence electrons. The third-order valence-electron chi connectivity index (χ3n) is 5.56. The van der Waals surface area contributed by atoms with Crippen molar-refractivity contribution in [3.8, 4) is 0 Å². The number of nitrogens with zero attached hydrogens (tertiary/aromatic N) is 2. The van der Waals surface area contributed by atoms with E-state index in [1.807, 2.05) is 13.8 Å². The molecule has 1 heterocycles. The van der Waals surface area contributed by atoms with Crippen molar-refractivity contribution in [1.29, 1.82) is 0 Å². The molecule has 1 aromatic carbocycles. The summed E-state index contributed by atoms with van der Waals surface area (Å²) < 4.78 is 32.4. The van der Waals surface area contributed by atoms with Gasteiger partial charge in [0.05, 0.1) is 16.3 Å². The smallest absolute Gasteiger partial charge is 0.243 e. The third-order valence-corrected chi connectivity index (χ3v) is 8.45. The zero-order valence-corrected chi connectivity index (χ0v) is 19.3. The van der Waals surface area contributed by atoms with Gasteiger partial charge in [-0.1, -0.05) is 24.4 Å². The number of anilines is 1. The molecule has 0 unspecified atom stereocenters. The van der Waals surface area contributed by atoms with E-state index in [0.29, 0.717) is 11.4 Å². The Balaban J connectivity index is 1.54. The van der Waals surface area contributed by atoms with Crippen LogP contribution in [0.25, 0.3) is 0 Å². The van der Waals surface area contributed by atoms with E-state index in [0.717, 1.165) is 42.7 Å². The summed E-state index contributed by atoms with van der Waals surface area (Å²) in [4.78, 5) is 12.5. The number of amides is 1. The summed E-state index contributed by atoms with van der Waals surface area (Å²) in [7, 11) is -1.87. The van der Waals surface area contributed by atoms with Gasteiger partial charge < -0.3 is 9.84 Å². The first-order valence-electron chi connectivity index (χ1n) is 10.2. The summed E-state index contributed by atoms with van der Waals surface area (Å²) in [5, 5.41) is 6.73. The second-order valence-electron chi connectivity index (χ2n) is 7.68. The molecule has 1 amide bonds. The summed E-state index contributed by atoms with van der Waals surface area (Å²) in [6, 6.07) is 6.46. The van der Waals surface area contributed by atoms with Crippen LogP contribution in [0.2, 0.25) is 0 Å². The molecular formula is C21H29N3O4S2. The number of aromatic nitrogens is 1. The average molecular weight is 452 g/mol. The molecule has 30 heavy (non-hydrogen) atoms. The van der Waals surface area contributed by atoms with E-state index in [-0.39, 0.29) is 22.6 Å². The molecule has 0 spiro atoms. The first-order chi connectivity index (χ1) is 14.3. The van der Waals surface area contributed by atoms with Gasteiger partial charge in [-0.25, -0.2) is 8.42 Å². The summed E-state index contributed by atoms with van der Waals surface area (Å²) in [5.74, 6) is 1.57. The number of carbonyl (C=O) groups is 1. The van der Waals surface area contributed by atoms with Gasteiger partial charge in [0.1, 0.15) is 5.76 Å². The van der Waals surface area contributed by atoms with Gasteiger partial charge in [-0.05, 0) is 51.0 Å². The minimum atomic E-state index is -3.53. The number of benzene rings is 1. The topological polar surface area (TPSA) is 92.5 Å². The molecule has 1 aliphatic rings. The Kier molecular flexibility index (Phi) is 7.60. The largest absolute Gasteiger partial charge is 0.361 e. The normalized spacial score (nSPS) is 15.5. The fraction of sp³-hybridized carbons (Fsp3) is 0.524. The van der Waals surface area contributed by atoms with Crippen molar-refractivity contribution in [1.82, 2.24) is 9.46 Å². The third kappa shape index (κ3) is 5.44. The van der Waals surface area contributed by atoms with Crippen molar-refractivity contribution in [2.45, 2.75) is 62.6 Å². The summed E-state index contributed by atoms with van der Waals surface area (Å²) >= 11 is 1.48. The minimum Gasteiger partial charge on any atom is -0.361 e. The second-order valence-corrected chi connectivity index (χ2v) is 10.7. The van der Waals surface area contributed by atoms with Crippen molar-refractivity contribution < 1.29 is 17.7 Å². The number of hydrogen-bond donors (Lipinski definition) is 1. The van der Waals surface area contributed by atoms with Crippen molar-refractivity contribution >= 4 is 33.4 Å². The van der Waals surface area contributed by atoms with E-state index < -0.39 is 10.0 Å². The van der Waals surface area contributed by atoms with Crippen LogP contribution in [0.4, 0.5) is 5.69 Å². The van der Waals surface area contributed by atoms with E-state index in [4.69, 9.17) is 4.52 Å². The minimum absolute atomic E-state index is 0.0675. The highest BCUT2D eigenvalue weighted by Crippen LogP contribution is 2.27. The Morgan fingerprint density at radius 2 is 1.87 bits per heavy atom. The van der Waals surface area contributed by atoms with Gasteiger partial charge in [-0.2, -0.15) is 4.31 Å². The fourth-order valence-electron chi connectivity index (χ4n) is 3.67. The van der Waals surface area contributed by atoms with Crippen molar-refractivity contribution in [3.63, 3.8) is 0 Å². The van der Waals surface area contributed by atoms with Crippen LogP contribution in [0.3, 0.4) is 0 Å². The Bertz CT molecular complexity index is 945. The molecule has 2 aromatic rings. The Hall–Kier alpha value is -1.84. The highest BCUT2D eigenvalue weighted by Gasteiger charge is 2.28. The maximum atomic E-state index is 12.9. The second kappa shape index (κ2) is 9.98. The highest BCUT2D eigenvalue weighted by atomic mass is 32.2. The fourth-order valence-corrected chi connectivity index (χ4v) is 6.06. The van der Waals surface area contributed by atoms with Crippen molar-refractivity contribution in [2.24, 2.45) is 0 Å². The van der Waals surface area contributed by atoms with Crippen LogP contribution in [0, 0.1) is 13.8 Å². The molecular weight excluding hydrogens is 422 g/mol. The van der Waals surface area contributed by atoms with Gasteiger partial charge in [0.15, 0.2) is 0 Å². The number of thioether (sulfide) groups is 1. The van der Waals surface area contributed by atoms with Crippen molar-refractivity contribution in [2.75, 3.05) is 18.1 Å². The highest BCUT2D eigenvalue weighted by molar-refractivity contribution is 7.99. The molecule has 1 fully saturated rings. The van der Waals surface area contributed by atoms with E-state index in [1.54, 1.807) is 31.3 Å². The molecule has 9 heteroatoms. The predicted molar refractivity (Wildman–Crippen MR) is 119 cm³/mol. The van der Waals surface area contributed by atoms with Gasteiger partial charge >= 0.3 is 0 Å². The first-order valence-corrected chi connectivity index (χ1v) is 12.8. The molecule has 0 bridgehead atoms. The molecule has 0 radical (unpaired) electrons. The van der Waals surface area contributed by atoms with Crippen LogP contribution in [-0.4, -0.2) is 42.6 Å². The van der Waals surface area contributed by atoms with E-state index in [1.165, 1.54) is 22.5 Å². The lowest BCUT2D eigenvalue weighted by atomic mass is 9.96. The molecule has 0 aliphatic heterocycles. The van der Waals surface area contributed by atoms with E-state index >= 15 is 0 Å². The van der Waals surface area contributed by atoms with E-state index in [9.17, 15) is 13.2 Å². The predicted octanol–water partition coefficient (Wildman–Crippen LogP) is 4.12. The zero-order chi connectivity index (χ0) is 21.7. The molecule has 0 atom stereocenters. The van der Waals surface area contributed by atoms with E-state index in [2.05, 4.69) is 10.5 Å². The van der Waals surface area contributed by atoms with Gasteiger partial charge in [-0.15, -0.1) is 11.8 Å². The molecule has 1 aromatic heterocycles. The number of aryl methyl sites for hydroxylation is 2. The SMILES string of the molecule is Cc1noc(C)c1CSCC(=O)Nc1ccc(S(=O)(=O)N(C)C2CCCCC2)cc1. The van der Waals surface area contributed by atoms with Crippen LogP contribution in [0.15, 0.2) is 33.7 Å². The number of sulfonamides is 1. The van der Waals surface area contributed by atoms with Gasteiger partial charge in [0.25, 0.3) is 0 Å². The Morgan fingerprint density at radius 3 is 2.47 bits per heavy atom. The lowest BCUT2D eigenvalue weighted by Crippen LogP contribution is -2.38. The Labute approximate surface area is 182 Å². The zero-order valence-electron chi connectivity index (χ0n) is 17.7. The maximum Gasteiger partial charge on any atom is 0.243 e. The molecule has 7 nitrogen and oxygen atoms in total. The first kappa shape index (κ1) is 22.8. The number of rotatable bonds is 8. The molecule has 3 rings (SSSR count). The quantitative estimate of drug-likeness (QED) is 0.649.